The van der Waals surface area contributed by atoms with Gasteiger partial charge >= 0.3 is 0 Å². The fraction of sp³-hybridized carbons (Fsp3) is 0.242. The molecule has 0 unspecified atom stereocenters. The van der Waals surface area contributed by atoms with Gasteiger partial charge in [0.1, 0.15) is 47.7 Å². The zero-order chi connectivity index (χ0) is 26.7. The van der Waals surface area contributed by atoms with E-state index in [1.807, 2.05) is 84.9 Å². The molecule has 0 spiro atoms. The third kappa shape index (κ3) is 8.09. The molecule has 11 rings (SSSR count). The van der Waals surface area contributed by atoms with Gasteiger partial charge in [-0.25, -0.2) is 0 Å². The zero-order valence-electron chi connectivity index (χ0n) is 21.8. The quantitative estimate of drug-likeness (QED) is 0.235. The zero-order valence-corrected chi connectivity index (χ0v) is 21.8. The van der Waals surface area contributed by atoms with Gasteiger partial charge in [-0.15, -0.1) is 0 Å². The lowest BCUT2D eigenvalue weighted by molar-refractivity contribution is 0.0764. The smallest absolute Gasteiger partial charge is 0.162 e. The number of carbonyl (C=O) groups is 1. The van der Waals surface area contributed by atoms with Gasteiger partial charge < -0.3 is 23.7 Å². The predicted octanol–water partition coefficient (Wildman–Crippen LogP) is 7.65. The second-order valence-electron chi connectivity index (χ2n) is 9.25. The highest BCUT2D eigenvalue weighted by Crippen LogP contribution is 2.26. The molecule has 7 aliphatic heterocycles. The first-order valence-corrected chi connectivity index (χ1v) is 13.3. The summed E-state index contributed by atoms with van der Waals surface area (Å²) in [6.07, 6.45) is 3.22. The van der Waals surface area contributed by atoms with Gasteiger partial charge in [-0.1, -0.05) is 12.1 Å². The van der Waals surface area contributed by atoms with E-state index in [0.29, 0.717) is 49.9 Å². The van der Waals surface area contributed by atoms with Crippen LogP contribution >= 0.6 is 0 Å². The molecular formula is C33H32O6. The minimum absolute atomic E-state index is 0.145. The van der Waals surface area contributed by atoms with Gasteiger partial charge in [0.15, 0.2) is 5.78 Å². The summed E-state index contributed by atoms with van der Waals surface area (Å²) < 4.78 is 29.0. The molecule has 0 aromatic heterocycles. The van der Waals surface area contributed by atoms with Gasteiger partial charge in [0.05, 0.1) is 13.2 Å². The molecule has 7 heterocycles. The van der Waals surface area contributed by atoms with E-state index in [4.69, 9.17) is 23.7 Å². The number of Topliss-reactive ketones (excluding diaryl/α,β-unsaturated/α-hetero) is 1. The Bertz CT molecular complexity index is 1310. The molecule has 6 nitrogen and oxygen atoms in total. The minimum atomic E-state index is 0.145. The number of hydrogen-bond acceptors (Lipinski definition) is 6. The average molecular weight is 525 g/mol. The lowest BCUT2D eigenvalue weighted by atomic mass is 10.0. The number of hydrogen-bond donors (Lipinski definition) is 0. The summed E-state index contributed by atoms with van der Waals surface area (Å²) >= 11 is 0. The van der Waals surface area contributed by atoms with Crippen LogP contribution in [-0.2, 0) is 11.2 Å². The number of carbonyl (C=O) groups excluding carboxylic acids is 1. The molecule has 7 aliphatic rings. The Balaban J connectivity index is 1.21. The highest BCUT2D eigenvalue weighted by atomic mass is 16.5. The molecule has 0 amide bonds. The van der Waals surface area contributed by atoms with Crippen molar-refractivity contribution in [2.24, 2.45) is 0 Å². The van der Waals surface area contributed by atoms with Gasteiger partial charge in [0.2, 0.25) is 0 Å². The van der Waals surface area contributed by atoms with E-state index in [2.05, 4.69) is 12.1 Å². The molecule has 0 saturated carbocycles. The maximum absolute atomic E-state index is 12.6. The minimum Gasteiger partial charge on any atom is -0.491 e. The summed E-state index contributed by atoms with van der Waals surface area (Å²) in [5.74, 6) is 4.54. The average Bonchev–Trinajstić information content (AvgIpc) is 2.97. The van der Waals surface area contributed by atoms with E-state index in [1.54, 1.807) is 0 Å². The van der Waals surface area contributed by atoms with Gasteiger partial charge in [0, 0.05) is 12.0 Å². The number of rotatable bonds is 0. The summed E-state index contributed by atoms with van der Waals surface area (Å²) in [5, 5.41) is 0. The SMILES string of the molecule is O=C1CCCCc2ccc(cc2)Oc2ccc(cc2)OCCOCCOc2ccc(cc2)Oc2ccc1cc2. The molecule has 0 fully saturated rings. The Kier molecular flexibility index (Phi) is 9.10. The van der Waals surface area contributed by atoms with E-state index in [0.717, 1.165) is 42.3 Å². The Labute approximate surface area is 229 Å². The largest absolute Gasteiger partial charge is 0.491 e. The van der Waals surface area contributed by atoms with Crippen molar-refractivity contribution in [1.82, 2.24) is 0 Å². The third-order valence-corrected chi connectivity index (χ3v) is 6.33. The molecule has 4 aromatic rings. The van der Waals surface area contributed by atoms with E-state index in [-0.39, 0.29) is 5.78 Å². The van der Waals surface area contributed by atoms with Crippen LogP contribution in [0.15, 0.2) is 97.1 Å². The van der Waals surface area contributed by atoms with Crippen molar-refractivity contribution in [2.45, 2.75) is 25.7 Å². The molecule has 4 aromatic carbocycles. The molecule has 6 heteroatoms. The Hall–Kier alpha value is -4.29. The first-order chi connectivity index (χ1) is 19.2. The van der Waals surface area contributed by atoms with E-state index >= 15 is 0 Å². The summed E-state index contributed by atoms with van der Waals surface area (Å²) in [7, 11) is 0. The van der Waals surface area contributed by atoms with Crippen LogP contribution in [0.1, 0.15) is 35.2 Å². The second kappa shape index (κ2) is 13.5. The van der Waals surface area contributed by atoms with Crippen LogP contribution in [0.5, 0.6) is 34.5 Å². The monoisotopic (exact) mass is 524 g/mol. The summed E-state index contributed by atoms with van der Waals surface area (Å²) in [6.45, 7) is 1.80. The highest BCUT2D eigenvalue weighted by molar-refractivity contribution is 5.96. The predicted molar refractivity (Wildman–Crippen MR) is 150 cm³/mol. The first-order valence-electron chi connectivity index (χ1n) is 13.3. The first kappa shape index (κ1) is 26.3. The number of aryl methyl sites for hydroxylation is 1. The number of ether oxygens (including phenoxy) is 5. The summed E-state index contributed by atoms with van der Waals surface area (Å²) in [4.78, 5) is 12.6. The molecule has 39 heavy (non-hydrogen) atoms. The molecule has 0 saturated heterocycles. The van der Waals surface area contributed by atoms with Crippen LogP contribution < -0.4 is 18.9 Å². The van der Waals surface area contributed by atoms with Crippen LogP contribution in [-0.4, -0.2) is 32.2 Å². The van der Waals surface area contributed by atoms with Crippen LogP contribution in [0.2, 0.25) is 0 Å². The van der Waals surface area contributed by atoms with Crippen LogP contribution in [0.3, 0.4) is 0 Å². The molecule has 0 radical (unpaired) electrons. The van der Waals surface area contributed by atoms with Crippen LogP contribution in [0.25, 0.3) is 0 Å². The molecule has 8 bridgehead atoms. The lowest BCUT2D eigenvalue weighted by Crippen LogP contribution is -2.12. The standard InChI is InChI=1S/C33H32O6/c34-33-4-2-1-3-25-5-9-29(10-6-25)38-31-17-13-27(14-18-31)36-23-21-35-22-24-37-28-15-19-32(20-16-28)39-30-11-7-26(33)8-12-30/h5-20H,1-4,21-24H2. The van der Waals surface area contributed by atoms with Crippen molar-refractivity contribution in [1.29, 1.82) is 0 Å². The van der Waals surface area contributed by atoms with Gasteiger partial charge in [-0.3, -0.25) is 4.79 Å². The third-order valence-electron chi connectivity index (χ3n) is 6.33. The van der Waals surface area contributed by atoms with E-state index < -0.39 is 0 Å². The molecular weight excluding hydrogens is 492 g/mol. The topological polar surface area (TPSA) is 63.2 Å². The normalized spacial score (nSPS) is 15.1. The maximum atomic E-state index is 12.6. The molecule has 200 valence electrons. The Morgan fingerprint density at radius 3 is 1.36 bits per heavy atom. The Morgan fingerprint density at radius 2 is 0.846 bits per heavy atom. The summed E-state index contributed by atoms with van der Waals surface area (Å²) in [6, 6.07) is 30.4. The fourth-order valence-corrected chi connectivity index (χ4v) is 4.21. The number of benzene rings is 4. The van der Waals surface area contributed by atoms with E-state index in [9.17, 15) is 4.79 Å². The molecule has 0 atom stereocenters. The van der Waals surface area contributed by atoms with Crippen molar-refractivity contribution in [3.63, 3.8) is 0 Å². The van der Waals surface area contributed by atoms with Gasteiger partial charge in [-0.05, 0) is 110 Å². The number of ketones is 1. The highest BCUT2D eigenvalue weighted by Gasteiger charge is 2.08. The van der Waals surface area contributed by atoms with Crippen molar-refractivity contribution in [3.8, 4) is 34.5 Å². The maximum Gasteiger partial charge on any atom is 0.162 e. The molecule has 0 aliphatic carbocycles. The molecule has 0 N–H and O–H groups in total. The van der Waals surface area contributed by atoms with Crippen molar-refractivity contribution >= 4 is 5.78 Å². The summed E-state index contributed by atoms with van der Waals surface area (Å²) in [5.41, 5.74) is 1.93. The van der Waals surface area contributed by atoms with Crippen LogP contribution in [0, 0.1) is 0 Å². The van der Waals surface area contributed by atoms with Crippen LogP contribution in [0.4, 0.5) is 0 Å². The lowest BCUT2D eigenvalue weighted by Gasteiger charge is -2.11. The van der Waals surface area contributed by atoms with Crippen molar-refractivity contribution in [3.05, 3.63) is 108 Å². The van der Waals surface area contributed by atoms with Gasteiger partial charge in [0.25, 0.3) is 0 Å². The fourth-order valence-electron chi connectivity index (χ4n) is 4.21. The van der Waals surface area contributed by atoms with E-state index in [1.165, 1.54) is 5.56 Å². The van der Waals surface area contributed by atoms with Gasteiger partial charge in [-0.2, -0.15) is 0 Å². The second-order valence-corrected chi connectivity index (χ2v) is 9.25. The van der Waals surface area contributed by atoms with Crippen molar-refractivity contribution in [2.75, 3.05) is 26.4 Å². The Morgan fingerprint density at radius 1 is 0.436 bits per heavy atom. The van der Waals surface area contributed by atoms with Crippen molar-refractivity contribution < 1.29 is 28.5 Å².